The van der Waals surface area contributed by atoms with E-state index in [4.69, 9.17) is 0 Å². The van der Waals surface area contributed by atoms with Crippen LogP contribution in [0.15, 0.2) is 0 Å². The maximum absolute atomic E-state index is 3.68. The van der Waals surface area contributed by atoms with Gasteiger partial charge in [-0.25, -0.2) is 0 Å². The fourth-order valence-corrected chi connectivity index (χ4v) is 2.84. The van der Waals surface area contributed by atoms with Gasteiger partial charge in [-0.1, -0.05) is 13.8 Å². The van der Waals surface area contributed by atoms with Gasteiger partial charge in [-0.15, -0.1) is 0 Å². The van der Waals surface area contributed by atoms with Crippen molar-refractivity contribution in [1.82, 2.24) is 15.1 Å². The highest BCUT2D eigenvalue weighted by atomic mass is 15.2. The van der Waals surface area contributed by atoms with Gasteiger partial charge < -0.3 is 10.2 Å². The quantitative estimate of drug-likeness (QED) is 0.733. The van der Waals surface area contributed by atoms with Crippen molar-refractivity contribution in [2.24, 2.45) is 5.92 Å². The van der Waals surface area contributed by atoms with Gasteiger partial charge in [-0.05, 0) is 59.8 Å². The SMILES string of the molecule is CC(C)C1CNC(C)(C)CN1CCCCN(C)C. The van der Waals surface area contributed by atoms with E-state index in [1.54, 1.807) is 0 Å². The average molecular weight is 255 g/mol. The molecule has 108 valence electrons. The van der Waals surface area contributed by atoms with Gasteiger partial charge in [0.1, 0.15) is 0 Å². The highest BCUT2D eigenvalue weighted by molar-refractivity contribution is 4.93. The average Bonchev–Trinajstić information content (AvgIpc) is 2.22. The molecule has 0 aromatic carbocycles. The Labute approximate surface area is 114 Å². The Kier molecular flexibility index (Phi) is 6.09. The Morgan fingerprint density at radius 3 is 2.50 bits per heavy atom. The van der Waals surface area contributed by atoms with Crippen LogP contribution in [-0.4, -0.2) is 61.7 Å². The summed E-state index contributed by atoms with van der Waals surface area (Å²) in [6.07, 6.45) is 2.62. The lowest BCUT2D eigenvalue weighted by molar-refractivity contribution is 0.0675. The lowest BCUT2D eigenvalue weighted by atomic mass is 9.93. The minimum Gasteiger partial charge on any atom is -0.309 e. The van der Waals surface area contributed by atoms with E-state index in [2.05, 4.69) is 56.9 Å². The molecule has 0 bridgehead atoms. The molecule has 0 aromatic heterocycles. The van der Waals surface area contributed by atoms with Crippen molar-refractivity contribution in [3.05, 3.63) is 0 Å². The molecule has 1 aliphatic rings. The maximum atomic E-state index is 3.68. The van der Waals surface area contributed by atoms with E-state index in [0.717, 1.165) is 12.5 Å². The molecule has 1 rings (SSSR count). The van der Waals surface area contributed by atoms with E-state index >= 15 is 0 Å². The van der Waals surface area contributed by atoms with Gasteiger partial charge in [0.15, 0.2) is 0 Å². The molecule has 1 unspecified atom stereocenters. The molecule has 3 heteroatoms. The molecule has 0 aliphatic carbocycles. The Morgan fingerprint density at radius 1 is 1.28 bits per heavy atom. The highest BCUT2D eigenvalue weighted by Gasteiger charge is 2.33. The zero-order valence-corrected chi connectivity index (χ0v) is 13.3. The van der Waals surface area contributed by atoms with Crippen molar-refractivity contribution in [2.45, 2.75) is 52.1 Å². The molecule has 1 heterocycles. The zero-order valence-electron chi connectivity index (χ0n) is 13.3. The highest BCUT2D eigenvalue weighted by Crippen LogP contribution is 2.20. The predicted molar refractivity (Wildman–Crippen MR) is 80.1 cm³/mol. The maximum Gasteiger partial charge on any atom is 0.0252 e. The molecular formula is C15H33N3. The second-order valence-electron chi connectivity index (χ2n) is 7.06. The predicted octanol–water partition coefficient (Wildman–Crippen LogP) is 2.04. The first-order chi connectivity index (χ1) is 8.32. The van der Waals surface area contributed by atoms with E-state index in [-0.39, 0.29) is 5.54 Å². The van der Waals surface area contributed by atoms with Crippen LogP contribution in [0, 0.1) is 5.92 Å². The molecule has 1 atom stereocenters. The van der Waals surface area contributed by atoms with Crippen molar-refractivity contribution in [3.63, 3.8) is 0 Å². The smallest absolute Gasteiger partial charge is 0.0252 e. The van der Waals surface area contributed by atoms with Gasteiger partial charge in [0.2, 0.25) is 0 Å². The van der Waals surface area contributed by atoms with E-state index in [0.29, 0.717) is 6.04 Å². The number of unbranched alkanes of at least 4 members (excludes halogenated alkanes) is 1. The van der Waals surface area contributed by atoms with E-state index in [1.165, 1.54) is 32.5 Å². The molecule has 1 aliphatic heterocycles. The number of hydrogen-bond acceptors (Lipinski definition) is 3. The van der Waals surface area contributed by atoms with Crippen LogP contribution in [0.5, 0.6) is 0 Å². The van der Waals surface area contributed by atoms with Gasteiger partial charge in [0.05, 0.1) is 0 Å². The van der Waals surface area contributed by atoms with Gasteiger partial charge in [0, 0.05) is 24.7 Å². The van der Waals surface area contributed by atoms with Crippen LogP contribution < -0.4 is 5.32 Å². The second kappa shape index (κ2) is 6.88. The Morgan fingerprint density at radius 2 is 1.94 bits per heavy atom. The summed E-state index contributed by atoms with van der Waals surface area (Å²) in [5, 5.41) is 3.68. The molecule has 3 nitrogen and oxygen atoms in total. The first kappa shape index (κ1) is 15.9. The van der Waals surface area contributed by atoms with Gasteiger partial charge in [-0.3, -0.25) is 4.90 Å². The largest absolute Gasteiger partial charge is 0.309 e. The number of piperazine rings is 1. The Balaban J connectivity index is 2.41. The zero-order chi connectivity index (χ0) is 13.8. The van der Waals surface area contributed by atoms with Gasteiger partial charge >= 0.3 is 0 Å². The summed E-state index contributed by atoms with van der Waals surface area (Å²) >= 11 is 0. The van der Waals surface area contributed by atoms with Crippen molar-refractivity contribution in [3.8, 4) is 0 Å². The van der Waals surface area contributed by atoms with Crippen molar-refractivity contribution in [2.75, 3.05) is 40.3 Å². The van der Waals surface area contributed by atoms with Gasteiger partial charge in [-0.2, -0.15) is 0 Å². The molecule has 1 N–H and O–H groups in total. The summed E-state index contributed by atoms with van der Waals surface area (Å²) in [6, 6.07) is 0.706. The number of nitrogens with one attached hydrogen (secondary N) is 1. The molecule has 0 radical (unpaired) electrons. The van der Waals surface area contributed by atoms with Crippen LogP contribution in [0.25, 0.3) is 0 Å². The molecule has 0 spiro atoms. The molecule has 18 heavy (non-hydrogen) atoms. The van der Waals surface area contributed by atoms with Crippen LogP contribution in [0.2, 0.25) is 0 Å². The Hall–Kier alpha value is -0.120. The van der Waals surface area contributed by atoms with Gasteiger partial charge in [0.25, 0.3) is 0 Å². The van der Waals surface area contributed by atoms with Crippen LogP contribution in [0.3, 0.4) is 0 Å². The fourth-order valence-electron chi connectivity index (χ4n) is 2.84. The summed E-state index contributed by atoms with van der Waals surface area (Å²) in [7, 11) is 4.32. The number of rotatable bonds is 6. The molecule has 1 saturated heterocycles. The van der Waals surface area contributed by atoms with Crippen molar-refractivity contribution in [1.29, 1.82) is 0 Å². The number of nitrogens with zero attached hydrogens (tertiary/aromatic N) is 2. The molecule has 0 amide bonds. The third-order valence-electron chi connectivity index (χ3n) is 3.93. The van der Waals surface area contributed by atoms with Crippen LogP contribution in [0.1, 0.15) is 40.5 Å². The van der Waals surface area contributed by atoms with Crippen molar-refractivity contribution < 1.29 is 0 Å². The van der Waals surface area contributed by atoms with E-state index in [1.807, 2.05) is 0 Å². The minimum atomic E-state index is 0.271. The first-order valence-corrected chi connectivity index (χ1v) is 7.45. The normalized spacial score (nSPS) is 25.0. The second-order valence-corrected chi connectivity index (χ2v) is 7.06. The van der Waals surface area contributed by atoms with Crippen LogP contribution >= 0.6 is 0 Å². The minimum absolute atomic E-state index is 0.271. The topological polar surface area (TPSA) is 18.5 Å². The molecule has 0 aromatic rings. The third kappa shape index (κ3) is 5.25. The summed E-state index contributed by atoms with van der Waals surface area (Å²) in [5.41, 5.74) is 0.271. The Bertz CT molecular complexity index is 236. The number of hydrogen-bond donors (Lipinski definition) is 1. The molecular weight excluding hydrogens is 222 g/mol. The molecule has 0 saturated carbocycles. The first-order valence-electron chi connectivity index (χ1n) is 7.45. The van der Waals surface area contributed by atoms with Crippen molar-refractivity contribution >= 4 is 0 Å². The monoisotopic (exact) mass is 255 g/mol. The molecule has 1 fully saturated rings. The summed E-state index contributed by atoms with van der Waals surface area (Å²) in [4.78, 5) is 4.98. The third-order valence-corrected chi connectivity index (χ3v) is 3.93. The van der Waals surface area contributed by atoms with E-state index in [9.17, 15) is 0 Å². The lowest BCUT2D eigenvalue weighted by Gasteiger charge is -2.46. The van der Waals surface area contributed by atoms with Crippen LogP contribution in [-0.2, 0) is 0 Å². The summed E-state index contributed by atoms with van der Waals surface area (Å²) in [6.45, 7) is 14.1. The van der Waals surface area contributed by atoms with E-state index < -0.39 is 0 Å². The summed E-state index contributed by atoms with van der Waals surface area (Å²) in [5.74, 6) is 0.738. The summed E-state index contributed by atoms with van der Waals surface area (Å²) < 4.78 is 0. The lowest BCUT2D eigenvalue weighted by Crippen LogP contribution is -2.62. The standard InChI is InChI=1S/C15H33N3/c1-13(2)14-11-16-15(3,4)12-18(14)10-8-7-9-17(5)6/h13-14,16H,7-12H2,1-6H3. The van der Waals surface area contributed by atoms with Crippen LogP contribution in [0.4, 0.5) is 0 Å². The fraction of sp³-hybridized carbons (Fsp3) is 1.00.